The number of halogens is 3. The van der Waals surface area contributed by atoms with Gasteiger partial charge in [-0.15, -0.1) is 11.3 Å². The molecule has 0 unspecified atom stereocenters. The maximum atomic E-state index is 13.2. The molecular weight excluding hydrogens is 351 g/mol. The third-order valence-corrected chi connectivity index (χ3v) is 4.30. The number of hydrogen-bond donors (Lipinski definition) is 0. The third kappa shape index (κ3) is 4.11. The zero-order valence-electron chi connectivity index (χ0n) is 13.4. The van der Waals surface area contributed by atoms with Gasteiger partial charge in [0.2, 0.25) is 0 Å². The smallest absolute Gasteiger partial charge is 0.353 e. The topological polar surface area (TPSA) is 54.8 Å². The Morgan fingerprint density at radius 1 is 1.20 bits per heavy atom. The van der Waals surface area contributed by atoms with Crippen LogP contribution in [0.2, 0.25) is 0 Å². The van der Waals surface area contributed by atoms with E-state index < -0.39 is 11.9 Å². The Hall–Kier alpha value is -2.55. The summed E-state index contributed by atoms with van der Waals surface area (Å²) in [4.78, 5) is 17.8. The third-order valence-electron chi connectivity index (χ3n) is 3.35. The van der Waals surface area contributed by atoms with Crippen molar-refractivity contribution in [1.82, 2.24) is 19.9 Å². The largest absolute Gasteiger partial charge is 0.433 e. The summed E-state index contributed by atoms with van der Waals surface area (Å²) in [5, 5.41) is 2.70. The highest BCUT2D eigenvalue weighted by Gasteiger charge is 2.34. The van der Waals surface area contributed by atoms with Gasteiger partial charge in [-0.2, -0.15) is 13.2 Å². The summed E-state index contributed by atoms with van der Waals surface area (Å²) in [6.07, 6.45) is -1.59. The van der Waals surface area contributed by atoms with E-state index in [1.165, 1.54) is 23.7 Å². The Balaban J connectivity index is 2.00. The number of anilines is 1. The number of nitrogens with zero attached hydrogens (tertiary/aromatic N) is 5. The van der Waals surface area contributed by atoms with Gasteiger partial charge in [-0.1, -0.05) is 0 Å². The van der Waals surface area contributed by atoms with Crippen molar-refractivity contribution in [3.8, 4) is 11.4 Å². The van der Waals surface area contributed by atoms with Crippen molar-refractivity contribution in [3.63, 3.8) is 0 Å². The van der Waals surface area contributed by atoms with Gasteiger partial charge in [0, 0.05) is 42.1 Å². The van der Waals surface area contributed by atoms with Crippen molar-refractivity contribution in [2.24, 2.45) is 0 Å². The highest BCUT2D eigenvalue weighted by molar-refractivity contribution is 7.09. The fraction of sp³-hybridized carbons (Fsp3) is 0.250. The van der Waals surface area contributed by atoms with Crippen molar-refractivity contribution in [2.75, 3.05) is 11.9 Å². The summed E-state index contributed by atoms with van der Waals surface area (Å²) in [6, 6.07) is 4.19. The Bertz CT molecular complexity index is 864. The van der Waals surface area contributed by atoms with E-state index in [4.69, 9.17) is 0 Å². The van der Waals surface area contributed by atoms with Crippen molar-refractivity contribution in [3.05, 3.63) is 52.4 Å². The van der Waals surface area contributed by atoms with Gasteiger partial charge in [-0.25, -0.2) is 15.0 Å². The van der Waals surface area contributed by atoms with E-state index in [2.05, 4.69) is 19.9 Å². The van der Waals surface area contributed by atoms with Crippen LogP contribution in [0.15, 0.2) is 36.0 Å². The van der Waals surface area contributed by atoms with Crippen LogP contribution in [0.4, 0.5) is 19.0 Å². The second-order valence-electron chi connectivity index (χ2n) is 5.41. The van der Waals surface area contributed by atoms with Gasteiger partial charge in [0.25, 0.3) is 0 Å². The van der Waals surface area contributed by atoms with Crippen LogP contribution in [-0.2, 0) is 12.7 Å². The van der Waals surface area contributed by atoms with E-state index in [9.17, 15) is 13.2 Å². The van der Waals surface area contributed by atoms with Crippen LogP contribution in [0.1, 0.15) is 16.4 Å². The van der Waals surface area contributed by atoms with Crippen LogP contribution < -0.4 is 4.90 Å². The Morgan fingerprint density at radius 2 is 2.00 bits per heavy atom. The first-order valence-electron chi connectivity index (χ1n) is 7.32. The first kappa shape index (κ1) is 17.3. The molecule has 3 aromatic rings. The van der Waals surface area contributed by atoms with E-state index >= 15 is 0 Å². The average molecular weight is 365 g/mol. The van der Waals surface area contributed by atoms with Crippen LogP contribution in [-0.4, -0.2) is 27.0 Å². The minimum atomic E-state index is -4.56. The fourth-order valence-corrected chi connectivity index (χ4v) is 2.98. The molecule has 0 amide bonds. The standard InChI is InChI=1S/C16H14F3N5S/c1-10-9-25-14(21-10)8-24(2)13-6-12(16(17,18)19)22-15(23-13)11-4-3-5-20-7-11/h3-7,9H,8H2,1-2H3. The molecule has 0 atom stereocenters. The molecule has 0 N–H and O–H groups in total. The summed E-state index contributed by atoms with van der Waals surface area (Å²) in [6.45, 7) is 2.23. The lowest BCUT2D eigenvalue weighted by Gasteiger charge is -2.19. The highest BCUT2D eigenvalue weighted by atomic mass is 32.1. The SMILES string of the molecule is Cc1csc(CN(C)c2cc(C(F)(F)F)nc(-c3cccnc3)n2)n1. The Labute approximate surface area is 146 Å². The van der Waals surface area contributed by atoms with Crippen LogP contribution in [0.3, 0.4) is 0 Å². The van der Waals surface area contributed by atoms with E-state index in [0.29, 0.717) is 12.1 Å². The number of thiazole rings is 1. The maximum Gasteiger partial charge on any atom is 0.433 e. The quantitative estimate of drug-likeness (QED) is 0.701. The molecule has 3 heterocycles. The molecule has 0 aromatic carbocycles. The molecular formula is C16H14F3N5S. The summed E-state index contributed by atoms with van der Waals surface area (Å²) in [5.41, 5.74) is 0.315. The molecule has 5 nitrogen and oxygen atoms in total. The zero-order valence-corrected chi connectivity index (χ0v) is 14.3. The van der Waals surface area contributed by atoms with Gasteiger partial charge >= 0.3 is 6.18 Å². The molecule has 0 fully saturated rings. The van der Waals surface area contributed by atoms with Gasteiger partial charge in [0.15, 0.2) is 11.5 Å². The molecule has 0 spiro atoms. The molecule has 3 aromatic heterocycles. The monoisotopic (exact) mass is 365 g/mol. The summed E-state index contributed by atoms with van der Waals surface area (Å²) < 4.78 is 39.7. The summed E-state index contributed by atoms with van der Waals surface area (Å²) in [5.74, 6) is 0.161. The Morgan fingerprint density at radius 3 is 2.60 bits per heavy atom. The van der Waals surface area contributed by atoms with Gasteiger partial charge in [-0.05, 0) is 19.1 Å². The summed E-state index contributed by atoms with van der Waals surface area (Å²) in [7, 11) is 1.67. The van der Waals surface area contributed by atoms with Gasteiger partial charge in [-0.3, -0.25) is 4.98 Å². The molecule has 25 heavy (non-hydrogen) atoms. The molecule has 0 aliphatic rings. The average Bonchev–Trinajstić information content (AvgIpc) is 2.99. The number of aryl methyl sites for hydroxylation is 1. The number of pyridine rings is 1. The predicted octanol–water partition coefficient (Wildman–Crippen LogP) is 3.96. The number of aromatic nitrogens is 4. The van der Waals surface area contributed by atoms with Crippen LogP contribution in [0, 0.1) is 6.92 Å². The molecule has 0 aliphatic heterocycles. The van der Waals surface area contributed by atoms with Gasteiger partial charge in [0.05, 0.1) is 6.54 Å². The van der Waals surface area contributed by atoms with Crippen molar-refractivity contribution >= 4 is 17.2 Å². The number of hydrogen-bond acceptors (Lipinski definition) is 6. The first-order chi connectivity index (χ1) is 11.8. The highest BCUT2D eigenvalue weighted by Crippen LogP contribution is 2.31. The zero-order chi connectivity index (χ0) is 18.0. The second kappa shape index (κ2) is 6.75. The molecule has 9 heteroatoms. The van der Waals surface area contributed by atoms with E-state index in [-0.39, 0.29) is 11.6 Å². The summed E-state index contributed by atoms with van der Waals surface area (Å²) >= 11 is 1.45. The molecule has 0 radical (unpaired) electrons. The maximum absolute atomic E-state index is 13.2. The second-order valence-corrected chi connectivity index (χ2v) is 6.36. The lowest BCUT2D eigenvalue weighted by atomic mass is 10.2. The van der Waals surface area contributed by atoms with E-state index in [1.807, 2.05) is 12.3 Å². The van der Waals surface area contributed by atoms with Crippen molar-refractivity contribution < 1.29 is 13.2 Å². The van der Waals surface area contributed by atoms with Gasteiger partial charge in [0.1, 0.15) is 10.8 Å². The minimum Gasteiger partial charge on any atom is -0.353 e. The van der Waals surface area contributed by atoms with Gasteiger partial charge < -0.3 is 4.90 Å². The molecule has 0 saturated heterocycles. The molecule has 0 saturated carbocycles. The van der Waals surface area contributed by atoms with Crippen LogP contribution in [0.5, 0.6) is 0 Å². The molecule has 0 aliphatic carbocycles. The van der Waals surface area contributed by atoms with Crippen molar-refractivity contribution in [2.45, 2.75) is 19.6 Å². The molecule has 0 bridgehead atoms. The predicted molar refractivity (Wildman–Crippen MR) is 89.2 cm³/mol. The van der Waals surface area contributed by atoms with Crippen molar-refractivity contribution in [1.29, 1.82) is 0 Å². The Kier molecular flexibility index (Phi) is 4.67. The number of alkyl halides is 3. The molecule has 3 rings (SSSR count). The van der Waals surface area contributed by atoms with Crippen LogP contribution in [0.25, 0.3) is 11.4 Å². The molecule has 130 valence electrons. The first-order valence-corrected chi connectivity index (χ1v) is 8.20. The van der Waals surface area contributed by atoms with E-state index in [1.54, 1.807) is 24.1 Å². The van der Waals surface area contributed by atoms with Crippen LogP contribution >= 0.6 is 11.3 Å². The fourth-order valence-electron chi connectivity index (χ4n) is 2.16. The number of rotatable bonds is 4. The lowest BCUT2D eigenvalue weighted by Crippen LogP contribution is -2.20. The minimum absolute atomic E-state index is 0.0138. The lowest BCUT2D eigenvalue weighted by molar-refractivity contribution is -0.141. The normalized spacial score (nSPS) is 11.6. The van der Waals surface area contributed by atoms with E-state index in [0.717, 1.165) is 16.8 Å².